The van der Waals surface area contributed by atoms with Gasteiger partial charge in [-0.05, 0) is 56.6 Å². The summed E-state index contributed by atoms with van der Waals surface area (Å²) in [5.41, 5.74) is 6.77. The average Bonchev–Trinajstić information content (AvgIpc) is 3.23. The first-order valence-corrected chi connectivity index (χ1v) is 7.85. The van der Waals surface area contributed by atoms with E-state index in [-0.39, 0.29) is 0 Å². The lowest BCUT2D eigenvalue weighted by Crippen LogP contribution is -2.51. The van der Waals surface area contributed by atoms with Crippen LogP contribution in [0.5, 0.6) is 0 Å². The van der Waals surface area contributed by atoms with E-state index in [1.165, 1.54) is 37.7 Å². The Bertz CT molecular complexity index is 415. The van der Waals surface area contributed by atoms with Gasteiger partial charge in [-0.15, -0.1) is 0 Å². The first-order valence-electron chi connectivity index (χ1n) is 7.85. The van der Waals surface area contributed by atoms with Crippen molar-refractivity contribution in [3.63, 3.8) is 0 Å². The highest BCUT2D eigenvalue weighted by atomic mass is 15.5. The maximum atomic E-state index is 3.69. The zero-order valence-corrected chi connectivity index (χ0v) is 12.2. The van der Waals surface area contributed by atoms with Gasteiger partial charge in [0.05, 0.1) is 0 Å². The third-order valence-electron chi connectivity index (χ3n) is 4.72. The van der Waals surface area contributed by atoms with Crippen LogP contribution in [-0.2, 0) is 6.54 Å². The van der Waals surface area contributed by atoms with Gasteiger partial charge >= 0.3 is 0 Å². The Balaban J connectivity index is 1.65. The van der Waals surface area contributed by atoms with Crippen LogP contribution in [0.4, 0.5) is 0 Å². The Morgan fingerprint density at radius 1 is 1.05 bits per heavy atom. The summed E-state index contributed by atoms with van der Waals surface area (Å²) in [6.07, 6.45) is 6.78. The molecule has 0 radical (unpaired) electrons. The van der Waals surface area contributed by atoms with Crippen molar-refractivity contribution in [3.05, 3.63) is 35.4 Å². The lowest BCUT2D eigenvalue weighted by Gasteiger charge is -2.39. The van der Waals surface area contributed by atoms with Gasteiger partial charge in [0.25, 0.3) is 0 Å². The number of rotatable bonds is 4. The van der Waals surface area contributed by atoms with Crippen molar-refractivity contribution in [3.8, 4) is 0 Å². The van der Waals surface area contributed by atoms with E-state index in [1.807, 2.05) is 0 Å². The topological polar surface area (TPSA) is 15.3 Å². The zero-order chi connectivity index (χ0) is 13.2. The Kier molecular flexibility index (Phi) is 3.90. The molecule has 104 valence electrons. The monoisotopic (exact) mass is 258 g/mol. The van der Waals surface area contributed by atoms with E-state index in [1.54, 1.807) is 5.56 Å². The molecule has 2 nitrogen and oxygen atoms in total. The summed E-state index contributed by atoms with van der Waals surface area (Å²) >= 11 is 0. The third-order valence-corrected chi connectivity index (χ3v) is 4.72. The standard InChI is InChI=1S/C17H26N2/c1-13-6-5-7-14(2)19(13)18-12-16-8-3-4-9-17(16)15-10-11-15/h3-4,8-9,13-15,18H,5-7,10-12H2,1-2H3. The molecule has 1 N–H and O–H groups in total. The lowest BCUT2D eigenvalue weighted by molar-refractivity contribution is 0.0435. The highest BCUT2D eigenvalue weighted by Gasteiger charge is 2.27. The first-order chi connectivity index (χ1) is 9.25. The molecule has 1 saturated heterocycles. The number of nitrogens with one attached hydrogen (secondary N) is 1. The Morgan fingerprint density at radius 2 is 1.74 bits per heavy atom. The molecule has 1 aliphatic carbocycles. The first kappa shape index (κ1) is 13.1. The number of hydrazine groups is 1. The summed E-state index contributed by atoms with van der Waals surface area (Å²) in [4.78, 5) is 0. The van der Waals surface area contributed by atoms with Crippen LogP contribution < -0.4 is 5.43 Å². The van der Waals surface area contributed by atoms with Gasteiger partial charge in [-0.1, -0.05) is 30.7 Å². The second-order valence-corrected chi connectivity index (χ2v) is 6.34. The van der Waals surface area contributed by atoms with Crippen molar-refractivity contribution in [2.75, 3.05) is 0 Å². The number of hydrogen-bond donors (Lipinski definition) is 1. The second kappa shape index (κ2) is 5.64. The summed E-state index contributed by atoms with van der Waals surface area (Å²) in [6.45, 7) is 5.67. The fourth-order valence-corrected chi connectivity index (χ4v) is 3.40. The fourth-order valence-electron chi connectivity index (χ4n) is 3.40. The quantitative estimate of drug-likeness (QED) is 0.883. The van der Waals surface area contributed by atoms with Gasteiger partial charge in [-0.2, -0.15) is 0 Å². The predicted octanol–water partition coefficient (Wildman–Crippen LogP) is 3.83. The Hall–Kier alpha value is -0.860. The number of nitrogens with zero attached hydrogens (tertiary/aromatic N) is 1. The fraction of sp³-hybridized carbons (Fsp3) is 0.647. The molecular formula is C17H26N2. The molecule has 2 fully saturated rings. The van der Waals surface area contributed by atoms with E-state index >= 15 is 0 Å². The summed E-state index contributed by atoms with van der Waals surface area (Å²) < 4.78 is 0. The molecule has 0 aromatic heterocycles. The van der Waals surface area contributed by atoms with Crippen LogP contribution in [0.2, 0.25) is 0 Å². The highest BCUT2D eigenvalue weighted by molar-refractivity contribution is 5.33. The molecule has 0 spiro atoms. The Morgan fingerprint density at radius 3 is 2.42 bits per heavy atom. The smallest absolute Gasteiger partial charge is 0.0356 e. The molecule has 2 heteroatoms. The van der Waals surface area contributed by atoms with Crippen LogP contribution >= 0.6 is 0 Å². The maximum absolute atomic E-state index is 3.69. The van der Waals surface area contributed by atoms with Crippen LogP contribution in [-0.4, -0.2) is 17.1 Å². The van der Waals surface area contributed by atoms with E-state index in [4.69, 9.17) is 0 Å². The minimum absolute atomic E-state index is 0.664. The molecule has 2 unspecified atom stereocenters. The largest absolute Gasteiger partial charge is 0.250 e. The number of benzene rings is 1. The van der Waals surface area contributed by atoms with Crippen LogP contribution in [0.1, 0.15) is 63.0 Å². The second-order valence-electron chi connectivity index (χ2n) is 6.34. The van der Waals surface area contributed by atoms with Crippen molar-refractivity contribution in [2.45, 2.75) is 70.5 Å². The van der Waals surface area contributed by atoms with Gasteiger partial charge < -0.3 is 0 Å². The normalized spacial score (nSPS) is 28.5. The van der Waals surface area contributed by atoms with E-state index in [0.29, 0.717) is 12.1 Å². The summed E-state index contributed by atoms with van der Waals surface area (Å²) in [5, 5.41) is 2.48. The molecule has 1 aliphatic heterocycles. The lowest BCUT2D eigenvalue weighted by atomic mass is 9.99. The van der Waals surface area contributed by atoms with Crippen molar-refractivity contribution in [1.29, 1.82) is 0 Å². The molecule has 19 heavy (non-hydrogen) atoms. The number of hydrogen-bond acceptors (Lipinski definition) is 2. The molecule has 1 aromatic rings. The van der Waals surface area contributed by atoms with E-state index in [0.717, 1.165) is 12.5 Å². The third kappa shape index (κ3) is 3.01. The minimum Gasteiger partial charge on any atom is -0.250 e. The molecule has 3 rings (SSSR count). The van der Waals surface area contributed by atoms with Crippen LogP contribution in [0.3, 0.4) is 0 Å². The number of piperidine rings is 1. The highest BCUT2D eigenvalue weighted by Crippen LogP contribution is 2.41. The molecule has 1 aromatic carbocycles. The van der Waals surface area contributed by atoms with Crippen molar-refractivity contribution >= 4 is 0 Å². The van der Waals surface area contributed by atoms with E-state index in [9.17, 15) is 0 Å². The van der Waals surface area contributed by atoms with Crippen molar-refractivity contribution in [1.82, 2.24) is 10.4 Å². The average molecular weight is 258 g/mol. The van der Waals surface area contributed by atoms with Gasteiger partial charge in [0.15, 0.2) is 0 Å². The molecular weight excluding hydrogens is 232 g/mol. The predicted molar refractivity (Wildman–Crippen MR) is 79.9 cm³/mol. The van der Waals surface area contributed by atoms with Gasteiger partial charge in [-0.3, -0.25) is 5.43 Å². The van der Waals surface area contributed by atoms with Gasteiger partial charge in [0, 0.05) is 18.6 Å². The summed E-state index contributed by atoms with van der Waals surface area (Å²) in [6, 6.07) is 10.3. The molecule has 1 saturated carbocycles. The van der Waals surface area contributed by atoms with Gasteiger partial charge in [0.1, 0.15) is 0 Å². The molecule has 0 amide bonds. The summed E-state index contributed by atoms with van der Waals surface area (Å²) in [7, 11) is 0. The minimum atomic E-state index is 0.664. The summed E-state index contributed by atoms with van der Waals surface area (Å²) in [5.74, 6) is 0.842. The molecule has 1 heterocycles. The van der Waals surface area contributed by atoms with Crippen LogP contribution in [0.25, 0.3) is 0 Å². The molecule has 2 atom stereocenters. The molecule has 2 aliphatic rings. The molecule has 0 bridgehead atoms. The SMILES string of the molecule is CC1CCCC(C)N1NCc1ccccc1C1CC1. The van der Waals surface area contributed by atoms with Crippen molar-refractivity contribution < 1.29 is 0 Å². The van der Waals surface area contributed by atoms with Gasteiger partial charge in [-0.25, -0.2) is 5.01 Å². The van der Waals surface area contributed by atoms with Crippen molar-refractivity contribution in [2.24, 2.45) is 0 Å². The zero-order valence-electron chi connectivity index (χ0n) is 12.2. The Labute approximate surface area is 117 Å². The van der Waals surface area contributed by atoms with Gasteiger partial charge in [0.2, 0.25) is 0 Å². The van der Waals surface area contributed by atoms with Crippen LogP contribution in [0, 0.1) is 0 Å². The maximum Gasteiger partial charge on any atom is 0.0356 e. The van der Waals surface area contributed by atoms with E-state index < -0.39 is 0 Å². The van der Waals surface area contributed by atoms with Crippen LogP contribution in [0.15, 0.2) is 24.3 Å². The van der Waals surface area contributed by atoms with E-state index in [2.05, 4.69) is 48.5 Å².